The molecule has 38 nitrogen and oxygen atoms in total. The molecule has 0 aromatic heterocycles. The van der Waals surface area contributed by atoms with E-state index in [9.17, 15) is 73.8 Å². The molecule has 0 spiro atoms. The summed E-state index contributed by atoms with van der Waals surface area (Å²) in [6, 6.07) is 1.33. The van der Waals surface area contributed by atoms with Gasteiger partial charge in [-0.2, -0.15) is 16.8 Å². The zero-order valence-corrected chi connectivity index (χ0v) is 79.3. The Hall–Kier alpha value is -8.04. The van der Waals surface area contributed by atoms with Crippen LogP contribution in [0.4, 0.5) is 20.1 Å². The molecule has 2 aliphatic carbocycles. The number of ether oxygens (including phenoxy) is 13. The first-order chi connectivity index (χ1) is 61.3. The minimum absolute atomic E-state index is 0.0391. The van der Waals surface area contributed by atoms with Gasteiger partial charge < -0.3 is 124 Å². The third kappa shape index (κ3) is 27.6. The Kier molecular flexibility index (Phi) is 39.4. The Morgan fingerprint density at radius 1 is 0.814 bits per heavy atom. The summed E-state index contributed by atoms with van der Waals surface area (Å²) in [5.74, 6) is 8.36. The number of methoxy groups -OCH3 is 5. The fourth-order valence-electron chi connectivity index (χ4n) is 15.4. The zero-order valence-electron chi connectivity index (χ0n) is 74.6. The second-order valence-electron chi connectivity index (χ2n) is 32.8. The van der Waals surface area contributed by atoms with Crippen molar-refractivity contribution in [2.75, 3.05) is 72.9 Å². The number of unbranched alkanes of at least 4 members (excludes halogenated alkanes) is 2. The number of allylic oxidation sites excluding steroid dienone is 3. The number of aliphatic hydroxyl groups excluding tert-OH is 5. The van der Waals surface area contributed by atoms with Gasteiger partial charge in [0.15, 0.2) is 41.8 Å². The minimum Gasteiger partial charge on any atom is -0.492 e. The van der Waals surface area contributed by atoms with Crippen LogP contribution in [0.2, 0.25) is 0 Å². The predicted octanol–water partition coefficient (Wildman–Crippen LogP) is 4.89. The number of nitrogens with one attached hydrogen (secondary N) is 6. The Labute approximate surface area is 774 Å². The first-order valence-electron chi connectivity index (χ1n) is 42.3. The van der Waals surface area contributed by atoms with Crippen LogP contribution in [0, 0.1) is 40.1 Å². The highest BCUT2D eigenvalue weighted by Gasteiger charge is 2.53. The number of nitrogens with two attached hydrogens (primary N) is 1. The third-order valence-corrected chi connectivity index (χ3v) is 28.2. The highest BCUT2D eigenvalue weighted by atomic mass is 127. The number of benzene rings is 2. The molecule has 9 rings (SSSR count). The third-order valence-electron chi connectivity index (χ3n) is 22.2. The van der Waals surface area contributed by atoms with Crippen LogP contribution in [0.25, 0.3) is 0 Å². The number of aliphatic hydroxyl groups is 6. The fraction of sp³-hybridized carbons (Fsp3) is 0.609. The van der Waals surface area contributed by atoms with Crippen LogP contribution < -0.4 is 52.0 Å². The molecule has 129 heavy (non-hydrogen) atoms. The van der Waals surface area contributed by atoms with Gasteiger partial charge >= 0.3 is 18.2 Å². The highest BCUT2D eigenvalue weighted by molar-refractivity contribution is 14.1. The summed E-state index contributed by atoms with van der Waals surface area (Å²) in [4.78, 5) is 127. The number of halogens is 1. The van der Waals surface area contributed by atoms with E-state index < -0.39 is 193 Å². The van der Waals surface area contributed by atoms with Crippen molar-refractivity contribution in [3.8, 4) is 40.9 Å². The SMILES string of the molecule is CCN(C(=O)OCc1ccc(NC(=O)[C@H](CCCNC(N)=O)NC(=O)[C@@H](NC(=O)CCCCCN2C(=O)C=CC2=O)C(C)C)cc1)[C@H]1CO[C@@H](O[C@H]2[C@H](O[C@H]3C#C/C=C\C#C[C@]4(O)CC(=O)C(NC(=O)OC)=C3/C4=C\CSSC(C)(C)C)O[C@H](C)[C@@H](NO[C@H]3C[C@H](O)[C@H]([SH]=C(O)c4c(C)c(I)c(O[C@@H]5O[C@@H](C)[C@H](O)[C@@H](OC)[C@H]5O)c(OC)c4OC)[C@@H](C)O3)[C@@H]2O)C[C@@H]1OC. The lowest BCUT2D eigenvalue weighted by Gasteiger charge is -2.47. The lowest BCUT2D eigenvalue weighted by molar-refractivity contribution is -0.337. The average Bonchev–Trinajstić information content (AvgIpc) is 1.63. The van der Waals surface area contributed by atoms with Gasteiger partial charge in [-0.25, -0.2) is 14.4 Å². The lowest BCUT2D eigenvalue weighted by atomic mass is 9.75. The molecule has 4 fully saturated rings. The van der Waals surface area contributed by atoms with Crippen LogP contribution in [0.1, 0.15) is 137 Å². The Bertz CT molecular complexity index is 4580. The standard InChI is InChI=1S/C87H120IN9O29S3/c1-16-96(85(111)119-42-49-28-30-50(31-29-49)91-78(106)52(25-24-36-90-83(89)109)92-79(107)66(44(2)3)93-58(100)27-21-19-23-37-97-59(101)32-33-60(97)102)53-43-118-61(40-57(53)113-11)124-75-70(104)67(46(5)121-82(75)123-56-26-20-17-18-22-35-87(112)41-55(99)68(94-84(110)117-15)64(56)51(87)34-38-127-129-86(8,9)10)95-126-62-39-54(98)77(48(7)120-62)128-80(108)63-45(4)65(88)73(76(116-14)72(63)114-12)125-81-71(105)74(115-13)69(103)47(6)122-81/h17-18,28-34,44,46-48,52-54,56-57,61-62,66-67,69-71,74-75,77,81-82,95,98,103-105,108,112,128H,16,19,21,23-25,27,36-43H2,1-15H3,(H,91,106)(H,92,107)(H,93,100)(H,94,110)(H3,89,90,109)/b18-17-,51-34+/t46-,47+,48-,52+,53+,54+,56+,57+,61+,62+,66+,67-,69+,70+,71-,74-,75-,77-,81+,82+,87+/m1/s1. The minimum atomic E-state index is -2.17. The van der Waals surface area contributed by atoms with Crippen molar-refractivity contribution in [2.45, 2.75) is 266 Å². The van der Waals surface area contributed by atoms with Crippen molar-refractivity contribution >= 4 is 120 Å². The van der Waals surface area contributed by atoms with Crippen LogP contribution in [-0.2, 0) is 87.6 Å². The summed E-state index contributed by atoms with van der Waals surface area (Å²) in [6.07, 6.45) is -13.0. The van der Waals surface area contributed by atoms with Gasteiger partial charge in [0.2, 0.25) is 29.8 Å². The molecule has 0 radical (unpaired) electrons. The maximum Gasteiger partial charge on any atom is 0.411 e. The number of carbonyl (C=O) groups is 9. The summed E-state index contributed by atoms with van der Waals surface area (Å²) >= 11 is 2.20. The number of imide groups is 1. The predicted molar refractivity (Wildman–Crippen MR) is 483 cm³/mol. The number of likely N-dealkylation sites (N-methyl/N-ethyl adjacent to an activating group) is 1. The maximum atomic E-state index is 14.5. The zero-order chi connectivity index (χ0) is 94.5. The van der Waals surface area contributed by atoms with Crippen LogP contribution >= 0.6 is 55.5 Å². The molecule has 4 saturated heterocycles. The molecule has 0 saturated carbocycles. The van der Waals surface area contributed by atoms with Crippen molar-refractivity contribution < 1.29 is 140 Å². The molecule has 5 aliphatic heterocycles. The van der Waals surface area contributed by atoms with Gasteiger partial charge in [-0.15, -0.1) is 0 Å². The number of alkyl carbamates (subject to hydrolysis) is 1. The van der Waals surface area contributed by atoms with Gasteiger partial charge in [0.1, 0.15) is 60.4 Å². The number of urea groups is 1. The Balaban J connectivity index is 0.908. The topological polar surface area (TPSA) is 509 Å². The van der Waals surface area contributed by atoms with E-state index in [2.05, 4.69) is 55.7 Å². The molecular formula is C87H120IN9O29S3. The molecule has 21 atom stereocenters. The Morgan fingerprint density at radius 3 is 2.16 bits per heavy atom. The summed E-state index contributed by atoms with van der Waals surface area (Å²) in [6.45, 7) is 17.8. The van der Waals surface area contributed by atoms with E-state index in [4.69, 9.17) is 72.2 Å². The summed E-state index contributed by atoms with van der Waals surface area (Å²) < 4.78 is 79.7. The first kappa shape index (κ1) is 105. The number of hydroxylamine groups is 1. The van der Waals surface area contributed by atoms with Crippen LogP contribution in [0.5, 0.6) is 17.2 Å². The van der Waals surface area contributed by atoms with Gasteiger partial charge in [-0.05, 0) is 124 Å². The smallest absolute Gasteiger partial charge is 0.411 e. The number of Topliss-reactive ketones (excluding diaryl/α,β-unsaturated/α-hetero) is 1. The number of thiol groups is 1. The average molecular weight is 1980 g/mol. The maximum absolute atomic E-state index is 14.5. The number of hydrogen-bond acceptors (Lipinski definition) is 31. The number of hydrogen-bond donors (Lipinski definition) is 14. The Morgan fingerprint density at radius 2 is 1.51 bits per heavy atom. The van der Waals surface area contributed by atoms with E-state index in [0.29, 0.717) is 39.6 Å². The summed E-state index contributed by atoms with van der Waals surface area (Å²) in [5.41, 5.74) is 7.16. The van der Waals surface area contributed by atoms with Crippen molar-refractivity contribution in [3.63, 3.8) is 0 Å². The number of rotatable bonds is 39. The van der Waals surface area contributed by atoms with Crippen molar-refractivity contribution in [3.05, 3.63) is 91.7 Å². The molecule has 712 valence electrons. The molecule has 2 aromatic carbocycles. The van der Waals surface area contributed by atoms with Crippen molar-refractivity contribution in [1.29, 1.82) is 0 Å². The van der Waals surface area contributed by atoms with E-state index in [1.807, 2.05) is 43.4 Å². The highest BCUT2D eigenvalue weighted by Crippen LogP contribution is 2.49. The van der Waals surface area contributed by atoms with Crippen molar-refractivity contribution in [1.82, 2.24) is 36.5 Å². The molecule has 5 heterocycles. The van der Waals surface area contributed by atoms with Gasteiger partial charge in [-0.1, -0.05) is 105 Å². The van der Waals surface area contributed by atoms with E-state index in [1.165, 1.54) is 68.4 Å². The molecule has 0 unspecified atom stereocenters. The number of carbonyl (C=O) groups excluding carboxylic acids is 9. The number of anilines is 1. The first-order valence-corrected chi connectivity index (χ1v) is 46.7. The molecule has 14 N–H and O–H groups in total. The molecular weight excluding hydrogens is 1860 g/mol. The lowest BCUT2D eigenvalue weighted by Crippen LogP contribution is -2.65. The van der Waals surface area contributed by atoms with Gasteiger partial charge in [-0.3, -0.25) is 43.8 Å². The van der Waals surface area contributed by atoms with Crippen molar-refractivity contribution in [2.24, 2.45) is 11.7 Å². The van der Waals surface area contributed by atoms with Gasteiger partial charge in [0.25, 0.3) is 11.8 Å². The van der Waals surface area contributed by atoms with Crippen LogP contribution in [0.15, 0.2) is 71.5 Å². The second kappa shape index (κ2) is 48.6. The normalized spacial score (nSPS) is 28.7. The molecule has 9 amide bonds. The monoisotopic (exact) mass is 1980 g/mol. The number of nitrogens with zero attached hydrogens (tertiary/aromatic N) is 2. The number of fused-ring (bicyclic) bond motifs is 2. The molecule has 2 bridgehead atoms. The fourth-order valence-corrected chi connectivity index (χ4v) is 19.4. The molecule has 7 aliphatic rings. The number of ketones is 1. The number of amides is 9. The van der Waals surface area contributed by atoms with Crippen LogP contribution in [-0.4, -0.2) is 299 Å². The van der Waals surface area contributed by atoms with Crippen LogP contribution in [0.3, 0.4) is 0 Å². The van der Waals surface area contributed by atoms with E-state index >= 15 is 0 Å². The van der Waals surface area contributed by atoms with Gasteiger partial charge in [0, 0.05) is 92.6 Å². The second-order valence-corrected chi connectivity index (χ2v) is 38.3. The van der Waals surface area contributed by atoms with E-state index in [-0.39, 0.29) is 132 Å². The molecule has 42 heteroatoms. The number of primary amides is 1. The largest absolute Gasteiger partial charge is 0.492 e. The van der Waals surface area contributed by atoms with E-state index in [0.717, 1.165) is 12.0 Å². The van der Waals surface area contributed by atoms with E-state index in [1.54, 1.807) is 89.6 Å². The molecule has 2 aromatic rings. The van der Waals surface area contributed by atoms with Gasteiger partial charge in [0.05, 0.1) is 97.0 Å². The summed E-state index contributed by atoms with van der Waals surface area (Å²) in [5, 5.41) is 83.9. The quantitative estimate of drug-likeness (QED) is 0.00619. The summed E-state index contributed by atoms with van der Waals surface area (Å²) in [7, 11) is 9.61.